The van der Waals surface area contributed by atoms with E-state index in [0.29, 0.717) is 6.42 Å². The average molecular weight is 226 g/mol. The molecule has 0 aromatic carbocycles. The van der Waals surface area contributed by atoms with Gasteiger partial charge in [-0.2, -0.15) is 0 Å². The number of Topliss-reactive ketones (excluding diaryl/α,β-unsaturated/α-hetero) is 1. The molecule has 1 aliphatic heterocycles. The van der Waals surface area contributed by atoms with E-state index in [4.69, 9.17) is 9.47 Å². The maximum Gasteiger partial charge on any atom is 0.302 e. The summed E-state index contributed by atoms with van der Waals surface area (Å²) in [7, 11) is 0. The van der Waals surface area contributed by atoms with Gasteiger partial charge in [0.2, 0.25) is 0 Å². The van der Waals surface area contributed by atoms with Gasteiger partial charge < -0.3 is 9.47 Å². The molecule has 0 N–H and O–H groups in total. The maximum absolute atomic E-state index is 11.6. The van der Waals surface area contributed by atoms with Crippen molar-refractivity contribution in [2.45, 2.75) is 45.8 Å². The van der Waals surface area contributed by atoms with Crippen molar-refractivity contribution in [3.63, 3.8) is 0 Å². The number of ketones is 1. The fraction of sp³-hybridized carbons (Fsp3) is 0.667. The number of carbonyl (C=O) groups is 2. The van der Waals surface area contributed by atoms with Crippen molar-refractivity contribution < 1.29 is 19.1 Å². The van der Waals surface area contributed by atoms with E-state index in [0.717, 1.165) is 5.57 Å². The quantitative estimate of drug-likeness (QED) is 0.542. The lowest BCUT2D eigenvalue weighted by Gasteiger charge is -2.17. The summed E-state index contributed by atoms with van der Waals surface area (Å²) in [4.78, 5) is 22.1. The van der Waals surface area contributed by atoms with Crippen LogP contribution in [-0.2, 0) is 19.1 Å². The van der Waals surface area contributed by atoms with E-state index in [9.17, 15) is 9.59 Å². The molecule has 1 fully saturated rings. The van der Waals surface area contributed by atoms with Crippen LogP contribution in [0.25, 0.3) is 0 Å². The number of hydrogen-bond acceptors (Lipinski definition) is 4. The summed E-state index contributed by atoms with van der Waals surface area (Å²) in [6.45, 7) is 7.02. The molecule has 1 aliphatic rings. The van der Waals surface area contributed by atoms with E-state index < -0.39 is 5.60 Å². The first kappa shape index (κ1) is 12.9. The predicted octanol–water partition coefficient (Wildman–Crippen LogP) is 1.63. The highest BCUT2D eigenvalue weighted by Crippen LogP contribution is 2.29. The van der Waals surface area contributed by atoms with Crippen LogP contribution in [-0.4, -0.2) is 30.1 Å². The molecule has 0 amide bonds. The predicted molar refractivity (Wildman–Crippen MR) is 59.0 cm³/mol. The van der Waals surface area contributed by atoms with E-state index in [2.05, 4.69) is 0 Å². The molecule has 1 atom stereocenters. The molecule has 0 aromatic heterocycles. The molecule has 1 unspecified atom stereocenters. The third-order valence-electron chi connectivity index (χ3n) is 2.68. The molecule has 1 saturated heterocycles. The first-order chi connectivity index (χ1) is 7.33. The third-order valence-corrected chi connectivity index (χ3v) is 2.68. The Morgan fingerprint density at radius 3 is 2.62 bits per heavy atom. The van der Waals surface area contributed by atoms with Gasteiger partial charge in [0.05, 0.1) is 6.10 Å². The molecule has 90 valence electrons. The summed E-state index contributed by atoms with van der Waals surface area (Å²) in [5, 5.41) is 0. The van der Waals surface area contributed by atoms with Gasteiger partial charge in [0, 0.05) is 13.3 Å². The van der Waals surface area contributed by atoms with Gasteiger partial charge in [0.1, 0.15) is 12.2 Å². The second-order valence-corrected chi connectivity index (χ2v) is 4.49. The van der Waals surface area contributed by atoms with Crippen molar-refractivity contribution in [1.82, 2.24) is 0 Å². The van der Waals surface area contributed by atoms with Gasteiger partial charge in [0.15, 0.2) is 5.78 Å². The second-order valence-electron chi connectivity index (χ2n) is 4.49. The molecule has 0 aliphatic carbocycles. The summed E-state index contributed by atoms with van der Waals surface area (Å²) in [6.07, 6.45) is 1.99. The standard InChI is InChI=1S/C12H18O4/c1-8(5-6-15-9(2)13)10-7-11(14)12(3,4)16-10/h5,10H,6-7H2,1-4H3/b8-5+. The van der Waals surface area contributed by atoms with Crippen LogP contribution in [0.15, 0.2) is 11.6 Å². The molecule has 0 saturated carbocycles. The molecule has 0 aromatic rings. The fourth-order valence-corrected chi connectivity index (χ4v) is 1.55. The SMILES string of the molecule is CC(=O)OC/C=C(\C)C1CC(=O)C(C)(C)O1. The molecule has 0 bridgehead atoms. The highest BCUT2D eigenvalue weighted by molar-refractivity contribution is 5.89. The molecule has 4 nitrogen and oxygen atoms in total. The zero-order chi connectivity index (χ0) is 12.3. The zero-order valence-electron chi connectivity index (χ0n) is 10.2. The number of esters is 1. The van der Waals surface area contributed by atoms with E-state index in [1.807, 2.05) is 6.92 Å². The Balaban J connectivity index is 2.53. The molecule has 1 rings (SSSR count). The summed E-state index contributed by atoms with van der Waals surface area (Å²) < 4.78 is 10.4. The summed E-state index contributed by atoms with van der Waals surface area (Å²) in [5.41, 5.74) is 0.237. The van der Waals surface area contributed by atoms with Crippen molar-refractivity contribution in [3.8, 4) is 0 Å². The van der Waals surface area contributed by atoms with Crippen molar-refractivity contribution in [3.05, 3.63) is 11.6 Å². The lowest BCUT2D eigenvalue weighted by molar-refractivity contribution is -0.139. The van der Waals surface area contributed by atoms with Gasteiger partial charge in [-0.15, -0.1) is 0 Å². The largest absolute Gasteiger partial charge is 0.462 e. The highest BCUT2D eigenvalue weighted by atomic mass is 16.5. The smallest absolute Gasteiger partial charge is 0.302 e. The maximum atomic E-state index is 11.6. The first-order valence-corrected chi connectivity index (χ1v) is 5.34. The number of carbonyl (C=O) groups excluding carboxylic acids is 2. The topological polar surface area (TPSA) is 52.6 Å². The van der Waals surface area contributed by atoms with Crippen LogP contribution in [0.2, 0.25) is 0 Å². The Bertz CT molecular complexity index is 328. The molecule has 1 heterocycles. The van der Waals surface area contributed by atoms with Crippen molar-refractivity contribution in [1.29, 1.82) is 0 Å². The molecule has 4 heteroatoms. The molecular weight excluding hydrogens is 208 g/mol. The molecule has 0 radical (unpaired) electrons. The number of hydrogen-bond donors (Lipinski definition) is 0. The Morgan fingerprint density at radius 1 is 1.56 bits per heavy atom. The number of ether oxygens (including phenoxy) is 2. The van der Waals surface area contributed by atoms with Gasteiger partial charge >= 0.3 is 5.97 Å². The number of rotatable bonds is 3. The van der Waals surface area contributed by atoms with E-state index >= 15 is 0 Å². The zero-order valence-corrected chi connectivity index (χ0v) is 10.2. The minimum absolute atomic E-state index is 0.109. The highest BCUT2D eigenvalue weighted by Gasteiger charge is 2.40. The van der Waals surface area contributed by atoms with Crippen LogP contribution in [0.4, 0.5) is 0 Å². The third kappa shape index (κ3) is 3.17. The molecular formula is C12H18O4. The van der Waals surface area contributed by atoms with Crippen LogP contribution in [0, 0.1) is 0 Å². The Morgan fingerprint density at radius 2 is 2.19 bits per heavy atom. The summed E-state index contributed by atoms with van der Waals surface area (Å²) in [5.74, 6) is -0.203. The molecule has 16 heavy (non-hydrogen) atoms. The van der Waals surface area contributed by atoms with Gasteiger partial charge in [-0.25, -0.2) is 0 Å². The van der Waals surface area contributed by atoms with E-state index in [1.165, 1.54) is 6.92 Å². The summed E-state index contributed by atoms with van der Waals surface area (Å²) >= 11 is 0. The second kappa shape index (κ2) is 4.78. The van der Waals surface area contributed by atoms with Crippen LogP contribution in [0.3, 0.4) is 0 Å². The molecule has 0 spiro atoms. The van der Waals surface area contributed by atoms with Gasteiger partial charge in [-0.1, -0.05) is 0 Å². The van der Waals surface area contributed by atoms with Crippen LogP contribution >= 0.6 is 0 Å². The minimum atomic E-state index is -0.693. The van der Waals surface area contributed by atoms with Crippen LogP contribution in [0.5, 0.6) is 0 Å². The fourth-order valence-electron chi connectivity index (χ4n) is 1.55. The lowest BCUT2D eigenvalue weighted by Crippen LogP contribution is -2.27. The monoisotopic (exact) mass is 226 g/mol. The lowest BCUT2D eigenvalue weighted by atomic mass is 10.0. The minimum Gasteiger partial charge on any atom is -0.462 e. The van der Waals surface area contributed by atoms with Crippen molar-refractivity contribution in [2.24, 2.45) is 0 Å². The Hall–Kier alpha value is -1.16. The van der Waals surface area contributed by atoms with Crippen molar-refractivity contribution >= 4 is 11.8 Å². The van der Waals surface area contributed by atoms with E-state index in [-0.39, 0.29) is 24.5 Å². The van der Waals surface area contributed by atoms with Gasteiger partial charge in [-0.3, -0.25) is 9.59 Å². The van der Waals surface area contributed by atoms with Gasteiger partial charge in [-0.05, 0) is 32.4 Å². The summed E-state index contributed by atoms with van der Waals surface area (Å²) in [6, 6.07) is 0. The van der Waals surface area contributed by atoms with E-state index in [1.54, 1.807) is 19.9 Å². The first-order valence-electron chi connectivity index (χ1n) is 5.34. The van der Waals surface area contributed by atoms with Crippen molar-refractivity contribution in [2.75, 3.05) is 6.61 Å². The van der Waals surface area contributed by atoms with Crippen LogP contribution < -0.4 is 0 Å². The average Bonchev–Trinajstić information content (AvgIpc) is 2.41. The normalized spacial score (nSPS) is 24.6. The van der Waals surface area contributed by atoms with Crippen LogP contribution in [0.1, 0.15) is 34.1 Å². The Kier molecular flexibility index (Phi) is 3.86. The Labute approximate surface area is 95.6 Å². The van der Waals surface area contributed by atoms with Gasteiger partial charge in [0.25, 0.3) is 0 Å².